The first-order valence-electron chi connectivity index (χ1n) is 11.4. The number of hydrogen-bond donors (Lipinski definition) is 1. The smallest absolute Gasteiger partial charge is 0.331 e. The lowest BCUT2D eigenvalue weighted by atomic mass is 9.94. The van der Waals surface area contributed by atoms with Crippen LogP contribution < -0.4 is 0 Å². The topological polar surface area (TPSA) is 46.5 Å². The Balaban J connectivity index is 1.88. The summed E-state index contributed by atoms with van der Waals surface area (Å²) in [5.41, 5.74) is 0.478. The van der Waals surface area contributed by atoms with E-state index in [9.17, 15) is 4.79 Å². The van der Waals surface area contributed by atoms with E-state index in [1.54, 1.807) is 6.08 Å². The normalized spacial score (nSPS) is 16.7. The average Bonchev–Trinajstić information content (AvgIpc) is 2.65. The molecule has 1 aliphatic carbocycles. The molecule has 0 spiro atoms. The third-order valence-corrected chi connectivity index (χ3v) is 5.50. The molecule has 0 heterocycles. The van der Waals surface area contributed by atoms with Crippen molar-refractivity contribution in [1.82, 2.24) is 0 Å². The third kappa shape index (κ3) is 11.9. The zero-order valence-electron chi connectivity index (χ0n) is 17.8. The molecule has 0 bridgehead atoms. The lowest BCUT2D eigenvalue weighted by molar-refractivity contribution is -0.132. The molecule has 1 N–H and O–H groups in total. The van der Waals surface area contributed by atoms with Crippen molar-refractivity contribution in [2.45, 2.75) is 110 Å². The van der Waals surface area contributed by atoms with Gasteiger partial charge in [-0.25, -0.2) is 4.79 Å². The molecule has 1 atom stereocenters. The predicted molar refractivity (Wildman–Crippen MR) is 114 cm³/mol. The van der Waals surface area contributed by atoms with Gasteiger partial charge in [-0.05, 0) is 25.0 Å². The van der Waals surface area contributed by atoms with Crippen LogP contribution in [0.5, 0.6) is 0 Å². The molecule has 1 rings (SSSR count). The number of unbranched alkanes of at least 4 members (excludes halogenated alkanes) is 13. The van der Waals surface area contributed by atoms with Gasteiger partial charge in [-0.1, -0.05) is 97.3 Å². The van der Waals surface area contributed by atoms with Crippen molar-refractivity contribution in [3.63, 3.8) is 0 Å². The van der Waals surface area contributed by atoms with Crippen LogP contribution in [0.4, 0.5) is 0 Å². The molecule has 0 amide bonds. The Kier molecular flexibility index (Phi) is 13.9. The van der Waals surface area contributed by atoms with Crippen molar-refractivity contribution in [1.29, 1.82) is 0 Å². The minimum absolute atomic E-state index is 0.174. The molecule has 27 heavy (non-hydrogen) atoms. The highest BCUT2D eigenvalue weighted by Gasteiger charge is 2.19. The summed E-state index contributed by atoms with van der Waals surface area (Å²) < 4.78 is 5.85. The summed E-state index contributed by atoms with van der Waals surface area (Å²) in [6, 6.07) is 0. The first-order chi connectivity index (χ1) is 13.1. The van der Waals surface area contributed by atoms with Gasteiger partial charge in [0, 0.05) is 11.5 Å². The largest absolute Gasteiger partial charge is 0.498 e. The average molecular weight is 379 g/mol. The minimum Gasteiger partial charge on any atom is -0.498 e. The number of rotatable bonds is 17. The van der Waals surface area contributed by atoms with Crippen LogP contribution in [0.3, 0.4) is 0 Å². The van der Waals surface area contributed by atoms with E-state index in [-0.39, 0.29) is 5.92 Å². The van der Waals surface area contributed by atoms with Gasteiger partial charge >= 0.3 is 5.97 Å². The van der Waals surface area contributed by atoms with Gasteiger partial charge in [0.1, 0.15) is 0 Å². The number of hydrogen-bond acceptors (Lipinski definition) is 2. The van der Waals surface area contributed by atoms with E-state index in [1.165, 1.54) is 83.5 Å². The summed E-state index contributed by atoms with van der Waals surface area (Å²) in [7, 11) is 0. The quantitative estimate of drug-likeness (QED) is 0.268. The molecule has 0 saturated carbocycles. The van der Waals surface area contributed by atoms with Crippen molar-refractivity contribution >= 4 is 5.97 Å². The van der Waals surface area contributed by atoms with Crippen molar-refractivity contribution in [3.8, 4) is 0 Å². The predicted octanol–water partition coefficient (Wildman–Crippen LogP) is 7.42. The third-order valence-electron chi connectivity index (χ3n) is 5.50. The molecule has 0 aromatic rings. The summed E-state index contributed by atoms with van der Waals surface area (Å²) >= 11 is 0. The van der Waals surface area contributed by atoms with Gasteiger partial charge in [0.25, 0.3) is 0 Å². The molecular formula is C24H42O3. The van der Waals surface area contributed by atoms with Crippen LogP contribution in [-0.2, 0) is 9.53 Å². The fraction of sp³-hybridized carbons (Fsp3) is 0.792. The summed E-state index contributed by atoms with van der Waals surface area (Å²) in [5.74, 6) is 0.298. The standard InChI is InChI=1S/C24H42O3/c1-3-4-5-6-7-8-9-10-11-12-13-14-15-16-19-27-23-18-17-22(24(25)26)20-21(23)2/h17-18,21H,3-16,19-20H2,1-2H3,(H,25,26). The van der Waals surface area contributed by atoms with Crippen LogP contribution in [-0.4, -0.2) is 17.7 Å². The molecule has 0 aromatic carbocycles. The lowest BCUT2D eigenvalue weighted by Gasteiger charge is -2.20. The van der Waals surface area contributed by atoms with Gasteiger partial charge in [0.05, 0.1) is 12.4 Å². The Hall–Kier alpha value is -1.25. The van der Waals surface area contributed by atoms with Crippen LogP contribution in [0.25, 0.3) is 0 Å². The second-order valence-corrected chi connectivity index (χ2v) is 8.12. The van der Waals surface area contributed by atoms with Crippen LogP contribution >= 0.6 is 0 Å². The van der Waals surface area contributed by atoms with Crippen LogP contribution in [0.2, 0.25) is 0 Å². The van der Waals surface area contributed by atoms with Crippen molar-refractivity contribution in [2.75, 3.05) is 6.61 Å². The van der Waals surface area contributed by atoms with Gasteiger partial charge in [0.2, 0.25) is 0 Å². The van der Waals surface area contributed by atoms with E-state index in [4.69, 9.17) is 9.84 Å². The molecule has 3 nitrogen and oxygen atoms in total. The molecule has 0 saturated heterocycles. The number of carboxylic acids is 1. The van der Waals surface area contributed by atoms with E-state index < -0.39 is 5.97 Å². The Morgan fingerprint density at radius 2 is 1.37 bits per heavy atom. The highest BCUT2D eigenvalue weighted by Crippen LogP contribution is 2.26. The lowest BCUT2D eigenvalue weighted by Crippen LogP contribution is -2.13. The van der Waals surface area contributed by atoms with Crippen molar-refractivity contribution in [3.05, 3.63) is 23.5 Å². The number of ether oxygens (including phenoxy) is 1. The molecule has 0 fully saturated rings. The van der Waals surface area contributed by atoms with Gasteiger partial charge in [-0.15, -0.1) is 0 Å². The van der Waals surface area contributed by atoms with Crippen LogP contribution in [0, 0.1) is 5.92 Å². The van der Waals surface area contributed by atoms with E-state index in [0.717, 1.165) is 18.8 Å². The monoisotopic (exact) mass is 378 g/mol. The molecule has 156 valence electrons. The first-order valence-corrected chi connectivity index (χ1v) is 11.4. The highest BCUT2D eigenvalue weighted by molar-refractivity contribution is 5.87. The maximum atomic E-state index is 11.0. The summed E-state index contributed by atoms with van der Waals surface area (Å²) in [6.45, 7) is 5.06. The second-order valence-electron chi connectivity index (χ2n) is 8.12. The maximum absolute atomic E-state index is 11.0. The number of carbonyl (C=O) groups is 1. The van der Waals surface area contributed by atoms with Crippen LogP contribution in [0.1, 0.15) is 110 Å². The SMILES string of the molecule is CCCCCCCCCCCCCCCCOC1=CC=C(C(=O)O)CC1C. The number of aliphatic carboxylic acids is 1. The molecular weight excluding hydrogens is 336 g/mol. The van der Waals surface area contributed by atoms with Gasteiger partial charge in [-0.3, -0.25) is 0 Å². The fourth-order valence-corrected chi connectivity index (χ4v) is 3.68. The zero-order valence-corrected chi connectivity index (χ0v) is 17.8. The summed E-state index contributed by atoms with van der Waals surface area (Å²) in [5, 5.41) is 9.02. The van der Waals surface area contributed by atoms with Crippen LogP contribution in [0.15, 0.2) is 23.5 Å². The molecule has 0 aliphatic heterocycles. The van der Waals surface area contributed by atoms with Gasteiger partial charge in [0.15, 0.2) is 0 Å². The minimum atomic E-state index is -0.816. The van der Waals surface area contributed by atoms with E-state index in [2.05, 4.69) is 6.92 Å². The molecule has 0 aromatic heterocycles. The molecule has 0 radical (unpaired) electrons. The van der Waals surface area contributed by atoms with Gasteiger partial charge < -0.3 is 9.84 Å². The Morgan fingerprint density at radius 1 is 0.889 bits per heavy atom. The van der Waals surface area contributed by atoms with E-state index in [1.807, 2.05) is 13.0 Å². The number of allylic oxidation sites excluding steroid dienone is 3. The van der Waals surface area contributed by atoms with E-state index in [0.29, 0.717) is 12.0 Å². The summed E-state index contributed by atoms with van der Waals surface area (Å²) in [4.78, 5) is 11.0. The molecule has 1 aliphatic rings. The Morgan fingerprint density at radius 3 is 1.81 bits per heavy atom. The molecule has 1 unspecified atom stereocenters. The Labute approximate surface area is 167 Å². The fourth-order valence-electron chi connectivity index (χ4n) is 3.68. The second kappa shape index (κ2) is 15.8. The highest BCUT2D eigenvalue weighted by atomic mass is 16.5. The molecule has 3 heteroatoms. The number of carboxylic acid groups (broad SMARTS) is 1. The first kappa shape index (κ1) is 23.8. The van der Waals surface area contributed by atoms with Crippen molar-refractivity contribution < 1.29 is 14.6 Å². The summed E-state index contributed by atoms with van der Waals surface area (Å²) in [6.07, 6.45) is 23.1. The Bertz CT molecular complexity index is 451. The maximum Gasteiger partial charge on any atom is 0.331 e. The zero-order chi connectivity index (χ0) is 19.7. The van der Waals surface area contributed by atoms with Crippen molar-refractivity contribution in [2.24, 2.45) is 5.92 Å². The van der Waals surface area contributed by atoms with E-state index >= 15 is 0 Å². The van der Waals surface area contributed by atoms with Gasteiger partial charge in [-0.2, -0.15) is 0 Å².